The fourth-order valence-corrected chi connectivity index (χ4v) is 1.17. The highest BCUT2D eigenvalue weighted by molar-refractivity contribution is 5.81. The molecule has 0 saturated heterocycles. The SMILES string of the molecule is Cc1cc(OC(C)C)nc(NC(C)C(N)=O)n1. The van der Waals surface area contributed by atoms with Gasteiger partial charge in [-0.2, -0.15) is 4.98 Å². The molecule has 0 aliphatic heterocycles. The molecule has 0 aliphatic rings. The zero-order valence-electron chi connectivity index (χ0n) is 10.5. The molecule has 1 heterocycles. The van der Waals surface area contributed by atoms with Crippen molar-refractivity contribution in [1.29, 1.82) is 0 Å². The highest BCUT2D eigenvalue weighted by Gasteiger charge is 2.11. The van der Waals surface area contributed by atoms with Gasteiger partial charge in [-0.25, -0.2) is 4.98 Å². The molecule has 0 fully saturated rings. The van der Waals surface area contributed by atoms with Crippen LogP contribution in [0, 0.1) is 6.92 Å². The van der Waals surface area contributed by atoms with E-state index in [0.717, 1.165) is 5.69 Å². The molecular weight excluding hydrogens is 220 g/mol. The number of primary amides is 1. The Bertz CT molecular complexity index is 406. The van der Waals surface area contributed by atoms with Gasteiger partial charge in [0.05, 0.1) is 6.10 Å². The highest BCUT2D eigenvalue weighted by atomic mass is 16.5. The van der Waals surface area contributed by atoms with Gasteiger partial charge in [-0.1, -0.05) is 0 Å². The molecule has 0 radical (unpaired) electrons. The Labute approximate surface area is 101 Å². The first kappa shape index (κ1) is 13.2. The van der Waals surface area contributed by atoms with E-state index in [2.05, 4.69) is 15.3 Å². The fraction of sp³-hybridized carbons (Fsp3) is 0.545. The average Bonchev–Trinajstić information content (AvgIpc) is 2.14. The van der Waals surface area contributed by atoms with Crippen LogP contribution >= 0.6 is 0 Å². The van der Waals surface area contributed by atoms with E-state index in [4.69, 9.17) is 10.5 Å². The van der Waals surface area contributed by atoms with Crippen LogP contribution in [-0.4, -0.2) is 28.0 Å². The number of anilines is 1. The second kappa shape index (κ2) is 5.47. The molecule has 1 aromatic heterocycles. The summed E-state index contributed by atoms with van der Waals surface area (Å²) in [4.78, 5) is 19.2. The van der Waals surface area contributed by atoms with Crippen molar-refractivity contribution >= 4 is 11.9 Å². The minimum atomic E-state index is -0.524. The van der Waals surface area contributed by atoms with Gasteiger partial charge in [0.15, 0.2) is 0 Å². The predicted octanol–water partition coefficient (Wildman–Crippen LogP) is 0.858. The van der Waals surface area contributed by atoms with Crippen molar-refractivity contribution in [2.75, 3.05) is 5.32 Å². The molecule has 94 valence electrons. The first-order valence-corrected chi connectivity index (χ1v) is 5.46. The van der Waals surface area contributed by atoms with Gasteiger partial charge in [-0.15, -0.1) is 0 Å². The molecule has 6 heteroatoms. The molecular formula is C11H18N4O2. The fourth-order valence-electron chi connectivity index (χ4n) is 1.17. The molecule has 17 heavy (non-hydrogen) atoms. The zero-order chi connectivity index (χ0) is 13.0. The maximum Gasteiger partial charge on any atom is 0.239 e. The lowest BCUT2D eigenvalue weighted by atomic mass is 10.3. The van der Waals surface area contributed by atoms with Crippen molar-refractivity contribution in [3.05, 3.63) is 11.8 Å². The maximum atomic E-state index is 10.9. The van der Waals surface area contributed by atoms with E-state index in [1.807, 2.05) is 20.8 Å². The Balaban J connectivity index is 2.85. The van der Waals surface area contributed by atoms with Gasteiger partial charge in [0.25, 0.3) is 0 Å². The van der Waals surface area contributed by atoms with E-state index in [1.54, 1.807) is 13.0 Å². The first-order valence-electron chi connectivity index (χ1n) is 5.46. The van der Waals surface area contributed by atoms with E-state index in [-0.39, 0.29) is 6.10 Å². The summed E-state index contributed by atoms with van der Waals surface area (Å²) in [5.74, 6) is 0.361. The summed E-state index contributed by atoms with van der Waals surface area (Å²) < 4.78 is 5.47. The average molecular weight is 238 g/mol. The van der Waals surface area contributed by atoms with Crippen LogP contribution < -0.4 is 15.8 Å². The number of ether oxygens (including phenoxy) is 1. The molecule has 6 nitrogen and oxygen atoms in total. The number of carbonyl (C=O) groups is 1. The van der Waals surface area contributed by atoms with Gasteiger partial charge in [0.1, 0.15) is 6.04 Å². The van der Waals surface area contributed by atoms with E-state index < -0.39 is 11.9 Å². The minimum Gasteiger partial charge on any atom is -0.475 e. The number of amides is 1. The van der Waals surface area contributed by atoms with E-state index in [1.165, 1.54) is 0 Å². The van der Waals surface area contributed by atoms with Gasteiger partial charge < -0.3 is 15.8 Å². The molecule has 1 aromatic rings. The van der Waals surface area contributed by atoms with Crippen molar-refractivity contribution in [3.63, 3.8) is 0 Å². The molecule has 3 N–H and O–H groups in total. The van der Waals surface area contributed by atoms with Crippen LogP contribution in [0.25, 0.3) is 0 Å². The summed E-state index contributed by atoms with van der Waals surface area (Å²) in [6.45, 7) is 7.30. The summed E-state index contributed by atoms with van der Waals surface area (Å²) >= 11 is 0. The van der Waals surface area contributed by atoms with Crippen LogP contribution in [0.4, 0.5) is 5.95 Å². The van der Waals surface area contributed by atoms with E-state index in [9.17, 15) is 4.79 Å². The topological polar surface area (TPSA) is 90.1 Å². The van der Waals surface area contributed by atoms with Crippen LogP contribution in [0.3, 0.4) is 0 Å². The molecule has 1 amide bonds. The number of hydrogen-bond donors (Lipinski definition) is 2. The smallest absolute Gasteiger partial charge is 0.239 e. The lowest BCUT2D eigenvalue weighted by Gasteiger charge is -2.13. The number of hydrogen-bond acceptors (Lipinski definition) is 5. The molecule has 0 spiro atoms. The zero-order valence-corrected chi connectivity index (χ0v) is 10.5. The summed E-state index contributed by atoms with van der Waals surface area (Å²) in [5.41, 5.74) is 5.91. The van der Waals surface area contributed by atoms with Gasteiger partial charge in [0, 0.05) is 11.8 Å². The number of aromatic nitrogens is 2. The molecule has 0 aliphatic carbocycles. The third kappa shape index (κ3) is 4.26. The third-order valence-corrected chi connectivity index (χ3v) is 1.96. The lowest BCUT2D eigenvalue weighted by molar-refractivity contribution is -0.118. The monoisotopic (exact) mass is 238 g/mol. The van der Waals surface area contributed by atoms with Crippen molar-refractivity contribution < 1.29 is 9.53 Å². The van der Waals surface area contributed by atoms with Gasteiger partial charge in [-0.3, -0.25) is 4.79 Å². The summed E-state index contributed by atoms with van der Waals surface area (Å²) in [6, 6.07) is 1.21. The normalized spacial score (nSPS) is 12.3. The highest BCUT2D eigenvalue weighted by Crippen LogP contribution is 2.13. The van der Waals surface area contributed by atoms with Crippen LogP contribution in [0.15, 0.2) is 6.07 Å². The Hall–Kier alpha value is -1.85. The Kier molecular flexibility index (Phi) is 4.25. The summed E-state index contributed by atoms with van der Waals surface area (Å²) in [5, 5.41) is 2.82. The molecule has 1 atom stereocenters. The summed E-state index contributed by atoms with van der Waals surface area (Å²) in [6.07, 6.45) is 0.0331. The predicted molar refractivity (Wildman–Crippen MR) is 64.8 cm³/mol. The van der Waals surface area contributed by atoms with Crippen molar-refractivity contribution in [2.24, 2.45) is 5.73 Å². The number of nitrogens with zero attached hydrogens (tertiary/aromatic N) is 2. The Morgan fingerprint density at radius 3 is 2.59 bits per heavy atom. The number of aryl methyl sites for hydroxylation is 1. The second-order valence-corrected chi connectivity index (χ2v) is 4.11. The number of carbonyl (C=O) groups excluding carboxylic acids is 1. The minimum absolute atomic E-state index is 0.0331. The van der Waals surface area contributed by atoms with Crippen LogP contribution in [-0.2, 0) is 4.79 Å². The third-order valence-electron chi connectivity index (χ3n) is 1.96. The molecule has 0 aromatic carbocycles. The van der Waals surface area contributed by atoms with E-state index in [0.29, 0.717) is 11.8 Å². The van der Waals surface area contributed by atoms with Crippen LogP contribution in [0.2, 0.25) is 0 Å². The van der Waals surface area contributed by atoms with Crippen molar-refractivity contribution in [2.45, 2.75) is 39.8 Å². The largest absolute Gasteiger partial charge is 0.475 e. The number of nitrogens with two attached hydrogens (primary N) is 1. The van der Waals surface area contributed by atoms with Gasteiger partial charge in [-0.05, 0) is 27.7 Å². The van der Waals surface area contributed by atoms with Crippen molar-refractivity contribution in [1.82, 2.24) is 9.97 Å². The maximum absolute atomic E-state index is 10.9. The second-order valence-electron chi connectivity index (χ2n) is 4.11. The van der Waals surface area contributed by atoms with Crippen LogP contribution in [0.5, 0.6) is 5.88 Å². The molecule has 1 unspecified atom stereocenters. The Morgan fingerprint density at radius 2 is 2.06 bits per heavy atom. The standard InChI is InChI=1S/C11H18N4O2/c1-6(2)17-9-5-7(3)13-11(15-9)14-8(4)10(12)16/h5-6,8H,1-4H3,(H2,12,16)(H,13,14,15). The molecule has 0 saturated carbocycles. The summed E-state index contributed by atoms with van der Waals surface area (Å²) in [7, 11) is 0. The first-order chi connectivity index (χ1) is 7.88. The van der Waals surface area contributed by atoms with E-state index >= 15 is 0 Å². The van der Waals surface area contributed by atoms with Crippen LogP contribution in [0.1, 0.15) is 26.5 Å². The van der Waals surface area contributed by atoms with Gasteiger partial charge >= 0.3 is 0 Å². The van der Waals surface area contributed by atoms with Crippen molar-refractivity contribution in [3.8, 4) is 5.88 Å². The lowest BCUT2D eigenvalue weighted by Crippen LogP contribution is -2.33. The Morgan fingerprint density at radius 1 is 1.41 bits per heavy atom. The molecule has 1 rings (SSSR count). The van der Waals surface area contributed by atoms with Gasteiger partial charge in [0.2, 0.25) is 17.7 Å². The number of nitrogens with one attached hydrogen (secondary N) is 1. The quantitative estimate of drug-likeness (QED) is 0.794. The molecule has 0 bridgehead atoms. The number of rotatable bonds is 5.